The number of halogens is 3. The van der Waals surface area contributed by atoms with Crippen molar-refractivity contribution in [2.75, 3.05) is 25.5 Å². The quantitative estimate of drug-likeness (QED) is 0.388. The van der Waals surface area contributed by atoms with E-state index in [0.29, 0.717) is 25.2 Å². The molecule has 0 bridgehead atoms. The molecule has 2 N–H and O–H groups in total. The van der Waals surface area contributed by atoms with Gasteiger partial charge in [-0.05, 0) is 36.5 Å². The molecule has 0 saturated heterocycles. The molecule has 0 aromatic heterocycles. The number of para-hydroxylation sites is 1. The third kappa shape index (κ3) is 8.45. The second-order valence-corrected chi connectivity index (χ2v) is 7.19. The van der Waals surface area contributed by atoms with E-state index in [0.717, 1.165) is 41.8 Å². The Balaban J connectivity index is 1.63. The van der Waals surface area contributed by atoms with Crippen LogP contribution in [0.4, 0.5) is 18.9 Å². The van der Waals surface area contributed by atoms with Gasteiger partial charge in [0.1, 0.15) is 0 Å². The van der Waals surface area contributed by atoms with Gasteiger partial charge in [-0.1, -0.05) is 61.4 Å². The number of nitrogen functional groups attached to an aromatic ring is 1. The van der Waals surface area contributed by atoms with Gasteiger partial charge in [-0.2, -0.15) is 13.2 Å². The third-order valence-electron chi connectivity index (χ3n) is 4.78. The lowest BCUT2D eigenvalue weighted by atomic mass is 10.1. The first kappa shape index (κ1) is 23.7. The van der Waals surface area contributed by atoms with Crippen LogP contribution < -0.4 is 5.73 Å². The van der Waals surface area contributed by atoms with Gasteiger partial charge in [0.15, 0.2) is 0 Å². The summed E-state index contributed by atoms with van der Waals surface area (Å²) < 4.78 is 44.3. The van der Waals surface area contributed by atoms with E-state index in [1.165, 1.54) is 0 Å². The lowest BCUT2D eigenvalue weighted by Gasteiger charge is -2.24. The number of hydrogen-bond donors (Lipinski definition) is 1. The highest BCUT2D eigenvalue weighted by Gasteiger charge is 2.42. The van der Waals surface area contributed by atoms with Gasteiger partial charge in [-0.3, -0.25) is 4.79 Å². The molecule has 0 heterocycles. The minimum Gasteiger partial charge on any atom is -0.399 e. The Morgan fingerprint density at radius 2 is 1.57 bits per heavy atom. The fraction of sp³-hybridized carbons (Fsp3) is 0.435. The number of alkyl halides is 3. The van der Waals surface area contributed by atoms with Crippen LogP contribution in [0.1, 0.15) is 36.8 Å². The summed E-state index contributed by atoms with van der Waals surface area (Å²) in [7, 11) is 0. The second-order valence-electron chi connectivity index (χ2n) is 7.19. The Labute approximate surface area is 175 Å². The minimum absolute atomic E-state index is 0.0368. The first-order valence-electron chi connectivity index (χ1n) is 10.2. The highest BCUT2D eigenvalue weighted by atomic mass is 19.4. The number of ether oxygens (including phenoxy) is 1. The molecular formula is C23H29F3N2O2. The van der Waals surface area contributed by atoms with Crippen LogP contribution in [-0.2, 0) is 22.5 Å². The van der Waals surface area contributed by atoms with Crippen LogP contribution in [0.15, 0.2) is 54.6 Å². The summed E-state index contributed by atoms with van der Waals surface area (Å²) in [6.45, 7) is 1.23. The van der Waals surface area contributed by atoms with Gasteiger partial charge < -0.3 is 15.4 Å². The zero-order valence-electron chi connectivity index (χ0n) is 17.0. The van der Waals surface area contributed by atoms with Crippen LogP contribution in [0.2, 0.25) is 0 Å². The van der Waals surface area contributed by atoms with Crippen LogP contribution in [-0.4, -0.2) is 36.7 Å². The average Bonchev–Trinajstić information content (AvgIpc) is 2.72. The first-order valence-corrected chi connectivity index (χ1v) is 10.2. The number of amides is 1. The Bertz CT molecular complexity index is 767. The van der Waals surface area contributed by atoms with Crippen LogP contribution in [0.25, 0.3) is 0 Å². The van der Waals surface area contributed by atoms with E-state index in [2.05, 4.69) is 0 Å². The summed E-state index contributed by atoms with van der Waals surface area (Å²) in [6.07, 6.45) is -1.17. The molecule has 0 atom stereocenters. The molecule has 0 fully saturated rings. The molecule has 164 valence electrons. The SMILES string of the molecule is Nc1ccccc1CCOCCCCCCN(Cc1ccccc1)C(=O)C(F)(F)F. The van der Waals surface area contributed by atoms with Gasteiger partial charge in [0.05, 0.1) is 6.61 Å². The summed E-state index contributed by atoms with van der Waals surface area (Å²) in [5.74, 6) is -1.78. The zero-order chi connectivity index (χ0) is 21.8. The van der Waals surface area contributed by atoms with E-state index in [1.807, 2.05) is 24.3 Å². The van der Waals surface area contributed by atoms with Crippen molar-refractivity contribution in [1.82, 2.24) is 4.90 Å². The van der Waals surface area contributed by atoms with Crippen LogP contribution >= 0.6 is 0 Å². The molecule has 0 aliphatic rings. The molecular weight excluding hydrogens is 393 g/mol. The Kier molecular flexibility index (Phi) is 9.67. The average molecular weight is 422 g/mol. The second kappa shape index (κ2) is 12.2. The van der Waals surface area contributed by atoms with Crippen LogP contribution in [0, 0.1) is 0 Å². The summed E-state index contributed by atoms with van der Waals surface area (Å²) in [6, 6.07) is 16.4. The predicted molar refractivity (Wildman–Crippen MR) is 112 cm³/mol. The maximum Gasteiger partial charge on any atom is 0.471 e. The molecule has 0 radical (unpaired) electrons. The lowest BCUT2D eigenvalue weighted by molar-refractivity contribution is -0.186. The molecule has 30 heavy (non-hydrogen) atoms. The maximum absolute atomic E-state index is 12.9. The Hall–Kier alpha value is -2.54. The lowest BCUT2D eigenvalue weighted by Crippen LogP contribution is -2.41. The van der Waals surface area contributed by atoms with Gasteiger partial charge in [0.25, 0.3) is 0 Å². The highest BCUT2D eigenvalue weighted by molar-refractivity contribution is 5.81. The van der Waals surface area contributed by atoms with Gasteiger partial charge >= 0.3 is 12.1 Å². The summed E-state index contributed by atoms with van der Waals surface area (Å²) in [4.78, 5) is 12.6. The summed E-state index contributed by atoms with van der Waals surface area (Å²) in [5, 5.41) is 0. The zero-order valence-corrected chi connectivity index (χ0v) is 17.0. The van der Waals surface area contributed by atoms with E-state index in [-0.39, 0.29) is 13.1 Å². The highest BCUT2D eigenvalue weighted by Crippen LogP contribution is 2.21. The standard InChI is InChI=1S/C23H29F3N2O2/c24-23(25,26)22(29)28(18-19-10-4-3-5-11-19)15-8-1-2-9-16-30-17-14-20-12-6-7-13-21(20)27/h3-7,10-13H,1-2,8-9,14-18,27H2. The van der Waals surface area contributed by atoms with Crippen molar-refractivity contribution in [2.45, 2.75) is 44.8 Å². The van der Waals surface area contributed by atoms with Crippen molar-refractivity contribution in [3.8, 4) is 0 Å². The number of rotatable bonds is 12. The van der Waals surface area contributed by atoms with Crippen LogP contribution in [0.5, 0.6) is 0 Å². The van der Waals surface area contributed by atoms with Crippen LogP contribution in [0.3, 0.4) is 0 Å². The number of carbonyl (C=O) groups is 1. The minimum atomic E-state index is -4.86. The number of hydrogen-bond acceptors (Lipinski definition) is 3. The Morgan fingerprint density at radius 3 is 2.27 bits per heavy atom. The summed E-state index contributed by atoms with van der Waals surface area (Å²) >= 11 is 0. The van der Waals surface area contributed by atoms with Crippen molar-refractivity contribution < 1.29 is 22.7 Å². The monoisotopic (exact) mass is 422 g/mol. The number of nitrogens with two attached hydrogens (primary N) is 1. The Morgan fingerprint density at radius 1 is 0.900 bits per heavy atom. The van der Waals surface area contributed by atoms with Crippen molar-refractivity contribution in [3.63, 3.8) is 0 Å². The van der Waals surface area contributed by atoms with Crippen molar-refractivity contribution >= 4 is 11.6 Å². The van der Waals surface area contributed by atoms with E-state index in [1.54, 1.807) is 30.3 Å². The molecule has 0 unspecified atom stereocenters. The van der Waals surface area contributed by atoms with E-state index in [4.69, 9.17) is 10.5 Å². The van der Waals surface area contributed by atoms with Crippen molar-refractivity contribution in [3.05, 3.63) is 65.7 Å². The molecule has 0 spiro atoms. The van der Waals surface area contributed by atoms with Gasteiger partial charge in [0, 0.05) is 25.4 Å². The molecule has 7 heteroatoms. The van der Waals surface area contributed by atoms with E-state index in [9.17, 15) is 18.0 Å². The fourth-order valence-corrected chi connectivity index (χ4v) is 3.14. The normalized spacial score (nSPS) is 11.4. The molecule has 0 saturated carbocycles. The van der Waals surface area contributed by atoms with Crippen molar-refractivity contribution in [1.29, 1.82) is 0 Å². The smallest absolute Gasteiger partial charge is 0.399 e. The van der Waals surface area contributed by atoms with Gasteiger partial charge in [-0.15, -0.1) is 0 Å². The topological polar surface area (TPSA) is 55.6 Å². The molecule has 2 aromatic rings. The number of unbranched alkanes of at least 4 members (excludes halogenated alkanes) is 3. The summed E-state index contributed by atoms with van der Waals surface area (Å²) in [5.41, 5.74) is 8.39. The van der Waals surface area contributed by atoms with Gasteiger partial charge in [-0.25, -0.2) is 0 Å². The fourth-order valence-electron chi connectivity index (χ4n) is 3.14. The predicted octanol–water partition coefficient (Wildman–Crippen LogP) is 4.98. The number of carbonyl (C=O) groups excluding carboxylic acids is 1. The number of benzene rings is 2. The molecule has 1 amide bonds. The third-order valence-corrected chi connectivity index (χ3v) is 4.78. The number of anilines is 1. The first-order chi connectivity index (χ1) is 14.4. The van der Waals surface area contributed by atoms with Gasteiger partial charge in [0.2, 0.25) is 0 Å². The largest absolute Gasteiger partial charge is 0.471 e. The maximum atomic E-state index is 12.9. The molecule has 2 aromatic carbocycles. The molecule has 2 rings (SSSR count). The van der Waals surface area contributed by atoms with E-state index < -0.39 is 12.1 Å². The number of nitrogens with zero attached hydrogens (tertiary/aromatic N) is 1. The van der Waals surface area contributed by atoms with Crippen molar-refractivity contribution in [2.24, 2.45) is 0 Å². The molecule has 0 aliphatic heterocycles. The van der Waals surface area contributed by atoms with E-state index >= 15 is 0 Å². The molecule has 0 aliphatic carbocycles. The molecule has 4 nitrogen and oxygen atoms in total.